The lowest BCUT2D eigenvalue weighted by Gasteiger charge is -2.33. The van der Waals surface area contributed by atoms with Gasteiger partial charge in [0.2, 0.25) is 0 Å². The van der Waals surface area contributed by atoms with Gasteiger partial charge in [0.1, 0.15) is 0 Å². The molecule has 1 atom stereocenters. The van der Waals surface area contributed by atoms with E-state index in [1.54, 1.807) is 0 Å². The molecule has 0 aliphatic carbocycles. The van der Waals surface area contributed by atoms with Crippen LogP contribution >= 0.6 is 0 Å². The van der Waals surface area contributed by atoms with Crippen LogP contribution in [0.2, 0.25) is 0 Å². The molecule has 0 amide bonds. The molecule has 0 spiro atoms. The Balaban J connectivity index is 3.81. The second-order valence-corrected chi connectivity index (χ2v) is 8.22. The molecule has 0 fully saturated rings. The lowest BCUT2D eigenvalue weighted by Crippen LogP contribution is -2.32. The molecule has 2 nitrogen and oxygen atoms in total. The van der Waals surface area contributed by atoms with Gasteiger partial charge in [0.15, 0.2) is 0 Å². The quantitative estimate of drug-likeness (QED) is 0.448. The Labute approximate surface area is 140 Å². The highest BCUT2D eigenvalue weighted by Crippen LogP contribution is 2.32. The smallest absolute Gasteiger partial charge is 0.0174 e. The fourth-order valence-electron chi connectivity index (χ4n) is 2.46. The lowest BCUT2D eigenvalue weighted by molar-refractivity contribution is 0.201. The lowest BCUT2D eigenvalue weighted by atomic mass is 9.76. The van der Waals surface area contributed by atoms with E-state index >= 15 is 0 Å². The van der Waals surface area contributed by atoms with Crippen molar-refractivity contribution in [2.75, 3.05) is 13.1 Å². The van der Waals surface area contributed by atoms with Crippen LogP contribution in [0.5, 0.6) is 0 Å². The second kappa shape index (κ2) is 11.1. The Morgan fingerprint density at radius 1 is 0.955 bits per heavy atom. The molecule has 0 aromatic heterocycles. The van der Waals surface area contributed by atoms with Crippen molar-refractivity contribution in [3.05, 3.63) is 12.3 Å². The van der Waals surface area contributed by atoms with Crippen LogP contribution in [-0.4, -0.2) is 19.1 Å². The molecule has 0 aliphatic rings. The van der Waals surface area contributed by atoms with Crippen molar-refractivity contribution in [3.63, 3.8) is 0 Å². The summed E-state index contributed by atoms with van der Waals surface area (Å²) in [5.74, 6) is 1.19. The van der Waals surface area contributed by atoms with Gasteiger partial charge in [0, 0.05) is 18.3 Å². The molecule has 0 radical (unpaired) electrons. The summed E-state index contributed by atoms with van der Waals surface area (Å²) < 4.78 is 0. The summed E-state index contributed by atoms with van der Waals surface area (Å²) in [5, 5.41) is 7.00. The van der Waals surface area contributed by atoms with Gasteiger partial charge in [-0.15, -0.1) is 0 Å². The number of hydrogen-bond donors (Lipinski definition) is 2. The molecule has 22 heavy (non-hydrogen) atoms. The summed E-state index contributed by atoms with van der Waals surface area (Å²) >= 11 is 0. The third-order valence-corrected chi connectivity index (χ3v) is 4.97. The van der Waals surface area contributed by atoms with Gasteiger partial charge in [-0.2, -0.15) is 0 Å². The van der Waals surface area contributed by atoms with Crippen molar-refractivity contribution in [2.24, 2.45) is 17.3 Å². The molecule has 2 heteroatoms. The third kappa shape index (κ3) is 10.3. The molecule has 0 bridgehead atoms. The van der Waals surface area contributed by atoms with E-state index in [1.807, 2.05) is 0 Å². The van der Waals surface area contributed by atoms with Gasteiger partial charge in [0.05, 0.1) is 0 Å². The first-order valence-electron chi connectivity index (χ1n) is 9.33. The molecule has 0 saturated heterocycles. The van der Waals surface area contributed by atoms with Crippen LogP contribution in [0.25, 0.3) is 0 Å². The van der Waals surface area contributed by atoms with Crippen LogP contribution < -0.4 is 10.6 Å². The minimum Gasteiger partial charge on any atom is -0.388 e. The van der Waals surface area contributed by atoms with Crippen LogP contribution in [0, 0.1) is 17.3 Å². The first-order valence-corrected chi connectivity index (χ1v) is 9.33. The predicted octanol–water partition coefficient (Wildman–Crippen LogP) is 5.36. The molecule has 0 aromatic carbocycles. The highest BCUT2D eigenvalue weighted by atomic mass is 14.9. The third-order valence-electron chi connectivity index (χ3n) is 4.97. The molecule has 0 aromatic rings. The number of unbranched alkanes of at least 4 members (excludes halogenated alkanes) is 3. The number of nitrogens with one attached hydrogen (secondary N) is 2. The van der Waals surface area contributed by atoms with Crippen molar-refractivity contribution in [1.82, 2.24) is 10.6 Å². The van der Waals surface area contributed by atoms with Crippen LogP contribution in [0.15, 0.2) is 12.3 Å². The topological polar surface area (TPSA) is 24.1 Å². The maximum Gasteiger partial charge on any atom is 0.0174 e. The number of rotatable bonds is 13. The molecular formula is C20H42N2. The largest absolute Gasteiger partial charge is 0.388 e. The zero-order valence-electron chi connectivity index (χ0n) is 16.4. The van der Waals surface area contributed by atoms with Crippen molar-refractivity contribution in [1.29, 1.82) is 0 Å². The van der Waals surface area contributed by atoms with Crippen molar-refractivity contribution in [2.45, 2.75) is 86.6 Å². The Bertz CT molecular complexity index is 292. The Kier molecular flexibility index (Phi) is 10.8. The Morgan fingerprint density at radius 3 is 2.09 bits per heavy atom. The minimum absolute atomic E-state index is 0.403. The standard InChI is InChI=1S/C20H42N2/c1-16(2)19(6)22-15-18(5)20(7,8)13-11-9-10-12-14-21-17(3)4/h16-18,21-22H,6,9-15H2,1-5,7-8H3. The van der Waals surface area contributed by atoms with Crippen LogP contribution in [-0.2, 0) is 0 Å². The average molecular weight is 311 g/mol. The molecule has 2 N–H and O–H groups in total. The maximum absolute atomic E-state index is 4.11. The second-order valence-electron chi connectivity index (χ2n) is 8.22. The summed E-state index contributed by atoms with van der Waals surface area (Å²) in [6, 6.07) is 0.618. The van der Waals surface area contributed by atoms with Crippen LogP contribution in [0.1, 0.15) is 80.6 Å². The molecule has 0 rings (SSSR count). The zero-order valence-corrected chi connectivity index (χ0v) is 16.4. The number of hydrogen-bond acceptors (Lipinski definition) is 2. The molecule has 0 heterocycles. The van der Waals surface area contributed by atoms with Crippen molar-refractivity contribution in [3.8, 4) is 0 Å². The van der Waals surface area contributed by atoms with Gasteiger partial charge in [0.25, 0.3) is 0 Å². The summed E-state index contributed by atoms with van der Waals surface area (Å²) in [6.45, 7) is 22.3. The molecule has 1 unspecified atom stereocenters. The first-order chi connectivity index (χ1) is 10.2. The van der Waals surface area contributed by atoms with Crippen molar-refractivity contribution >= 4 is 0 Å². The van der Waals surface area contributed by atoms with Gasteiger partial charge in [-0.05, 0) is 36.6 Å². The first kappa shape index (κ1) is 21.5. The Morgan fingerprint density at radius 2 is 1.55 bits per heavy atom. The molecular weight excluding hydrogens is 268 g/mol. The van der Waals surface area contributed by atoms with Gasteiger partial charge in [-0.3, -0.25) is 0 Å². The van der Waals surface area contributed by atoms with E-state index in [1.165, 1.54) is 44.3 Å². The summed E-state index contributed by atoms with van der Waals surface area (Å²) in [5.41, 5.74) is 1.57. The molecule has 132 valence electrons. The van der Waals surface area contributed by atoms with Crippen molar-refractivity contribution < 1.29 is 0 Å². The average Bonchev–Trinajstić information content (AvgIpc) is 2.42. The summed E-state index contributed by atoms with van der Waals surface area (Å²) in [4.78, 5) is 0. The van der Waals surface area contributed by atoms with E-state index in [0.717, 1.165) is 6.54 Å². The predicted molar refractivity (Wildman–Crippen MR) is 101 cm³/mol. The van der Waals surface area contributed by atoms with E-state index in [0.29, 0.717) is 23.3 Å². The fraction of sp³-hybridized carbons (Fsp3) is 0.900. The normalized spacial score (nSPS) is 13.7. The van der Waals surface area contributed by atoms with Gasteiger partial charge < -0.3 is 10.6 Å². The van der Waals surface area contributed by atoms with Gasteiger partial charge in [-0.1, -0.05) is 74.3 Å². The molecule has 0 aliphatic heterocycles. The minimum atomic E-state index is 0.403. The van der Waals surface area contributed by atoms with E-state index in [9.17, 15) is 0 Å². The van der Waals surface area contributed by atoms with E-state index in [2.05, 4.69) is 65.7 Å². The van der Waals surface area contributed by atoms with E-state index in [4.69, 9.17) is 0 Å². The highest BCUT2D eigenvalue weighted by Gasteiger charge is 2.25. The number of allylic oxidation sites excluding steroid dienone is 1. The van der Waals surface area contributed by atoms with Gasteiger partial charge in [-0.25, -0.2) is 0 Å². The SMILES string of the molecule is C=C(NCC(C)C(C)(C)CCCCCCNC(C)C)C(C)C. The summed E-state index contributed by atoms with van der Waals surface area (Å²) in [7, 11) is 0. The van der Waals surface area contributed by atoms with E-state index in [-0.39, 0.29) is 0 Å². The zero-order chi connectivity index (χ0) is 17.2. The summed E-state index contributed by atoms with van der Waals surface area (Å²) in [6.07, 6.45) is 6.70. The molecule has 0 saturated carbocycles. The van der Waals surface area contributed by atoms with E-state index < -0.39 is 0 Å². The van der Waals surface area contributed by atoms with Gasteiger partial charge >= 0.3 is 0 Å². The Hall–Kier alpha value is -0.500. The maximum atomic E-state index is 4.11. The van der Waals surface area contributed by atoms with Crippen LogP contribution in [0.4, 0.5) is 0 Å². The van der Waals surface area contributed by atoms with Crippen LogP contribution in [0.3, 0.4) is 0 Å². The highest BCUT2D eigenvalue weighted by molar-refractivity contribution is 4.95. The monoisotopic (exact) mass is 310 g/mol. The fourth-order valence-corrected chi connectivity index (χ4v) is 2.46.